The summed E-state index contributed by atoms with van der Waals surface area (Å²) >= 11 is 0. The van der Waals surface area contributed by atoms with Crippen LogP contribution in [-0.2, 0) is 24.5 Å². The number of carbonyl (C=O) groups excluding carboxylic acids is 1. The molecule has 2 aliphatic rings. The summed E-state index contributed by atoms with van der Waals surface area (Å²) in [6, 6.07) is -0.353. The van der Waals surface area contributed by atoms with Crippen LogP contribution < -0.4 is 0 Å². The van der Waals surface area contributed by atoms with Crippen molar-refractivity contribution in [3.05, 3.63) is 0 Å². The number of piperazine rings is 1. The Morgan fingerprint density at radius 3 is 2.09 bits per heavy atom. The molecule has 2 fully saturated rings. The van der Waals surface area contributed by atoms with Crippen LogP contribution in [0.15, 0.2) is 0 Å². The van der Waals surface area contributed by atoms with Gasteiger partial charge < -0.3 is 9.47 Å². The Bertz CT molecular complexity index is 509. The molecule has 0 aromatic carbocycles. The Kier molecular flexibility index (Phi) is 6.01. The van der Waals surface area contributed by atoms with Gasteiger partial charge in [0.05, 0.1) is 19.3 Å². The predicted octanol–water partition coefficient (Wildman–Crippen LogP) is -0.480. The Morgan fingerprint density at radius 1 is 1.09 bits per heavy atom. The lowest BCUT2D eigenvalue weighted by atomic mass is 10.2. The summed E-state index contributed by atoms with van der Waals surface area (Å²) < 4.78 is 38.9. The van der Waals surface area contributed by atoms with Gasteiger partial charge in [-0.25, -0.2) is 0 Å². The molecule has 0 radical (unpaired) electrons. The molecule has 134 valence electrons. The van der Waals surface area contributed by atoms with Crippen LogP contribution >= 0.6 is 0 Å². The van der Waals surface area contributed by atoms with Crippen LogP contribution in [0, 0.1) is 0 Å². The van der Waals surface area contributed by atoms with Gasteiger partial charge in [-0.1, -0.05) is 0 Å². The standard InChI is InChI=1S/C14H27N3O5S/c1-11-9-17(10-12(2)22-11)23(19,20)16-7-5-15(6-8-16)13(3)14(18)21-4/h11-13H,5-10H2,1-4H3/t11-,12-,13+/m1/s1. The highest BCUT2D eigenvalue weighted by atomic mass is 32.2. The molecule has 0 spiro atoms. The van der Waals surface area contributed by atoms with Gasteiger partial charge in [0.2, 0.25) is 0 Å². The van der Waals surface area contributed by atoms with E-state index in [2.05, 4.69) is 0 Å². The van der Waals surface area contributed by atoms with Crippen molar-refractivity contribution in [2.24, 2.45) is 0 Å². The smallest absolute Gasteiger partial charge is 0.322 e. The average molecular weight is 349 g/mol. The zero-order chi connectivity index (χ0) is 17.2. The van der Waals surface area contributed by atoms with Gasteiger partial charge >= 0.3 is 5.97 Å². The summed E-state index contributed by atoms with van der Waals surface area (Å²) in [5, 5.41) is 0. The minimum Gasteiger partial charge on any atom is -0.468 e. The van der Waals surface area contributed by atoms with E-state index in [9.17, 15) is 13.2 Å². The van der Waals surface area contributed by atoms with Crippen LogP contribution in [0.5, 0.6) is 0 Å². The molecule has 23 heavy (non-hydrogen) atoms. The third-order valence-electron chi connectivity index (χ3n) is 4.40. The molecule has 3 atom stereocenters. The van der Waals surface area contributed by atoms with Crippen molar-refractivity contribution in [3.8, 4) is 0 Å². The van der Waals surface area contributed by atoms with E-state index in [1.807, 2.05) is 18.7 Å². The molecular weight excluding hydrogens is 322 g/mol. The van der Waals surface area contributed by atoms with Crippen molar-refractivity contribution >= 4 is 16.2 Å². The highest BCUT2D eigenvalue weighted by Crippen LogP contribution is 2.19. The van der Waals surface area contributed by atoms with Gasteiger partial charge in [-0.3, -0.25) is 9.69 Å². The Labute approximate surface area is 138 Å². The highest BCUT2D eigenvalue weighted by molar-refractivity contribution is 7.86. The Balaban J connectivity index is 1.97. The van der Waals surface area contributed by atoms with E-state index in [1.54, 1.807) is 6.92 Å². The van der Waals surface area contributed by atoms with Crippen LogP contribution in [0.1, 0.15) is 20.8 Å². The van der Waals surface area contributed by atoms with E-state index in [0.29, 0.717) is 39.3 Å². The van der Waals surface area contributed by atoms with Crippen LogP contribution in [0.2, 0.25) is 0 Å². The van der Waals surface area contributed by atoms with Gasteiger partial charge in [-0.15, -0.1) is 0 Å². The van der Waals surface area contributed by atoms with Crippen LogP contribution in [0.4, 0.5) is 0 Å². The molecule has 0 bridgehead atoms. The molecule has 9 heteroatoms. The fourth-order valence-electron chi connectivity index (χ4n) is 3.12. The van der Waals surface area contributed by atoms with Crippen molar-refractivity contribution < 1.29 is 22.7 Å². The minimum atomic E-state index is -3.48. The fourth-order valence-corrected chi connectivity index (χ4v) is 4.87. The third kappa shape index (κ3) is 4.21. The summed E-state index contributed by atoms with van der Waals surface area (Å²) in [4.78, 5) is 13.5. The Hall–Kier alpha value is -0.740. The van der Waals surface area contributed by atoms with Crippen LogP contribution in [0.25, 0.3) is 0 Å². The number of esters is 1. The summed E-state index contributed by atoms with van der Waals surface area (Å²) in [6.07, 6.45) is -0.205. The van der Waals surface area contributed by atoms with E-state index in [-0.39, 0.29) is 24.2 Å². The second-order valence-electron chi connectivity index (χ2n) is 6.22. The molecule has 2 heterocycles. The number of carbonyl (C=O) groups is 1. The largest absolute Gasteiger partial charge is 0.468 e. The summed E-state index contributed by atoms with van der Waals surface area (Å²) in [5.74, 6) is -0.294. The number of hydrogen-bond donors (Lipinski definition) is 0. The molecule has 2 aliphatic heterocycles. The lowest BCUT2D eigenvalue weighted by Crippen LogP contribution is -2.58. The lowest BCUT2D eigenvalue weighted by Gasteiger charge is -2.41. The number of nitrogens with zero attached hydrogens (tertiary/aromatic N) is 3. The van der Waals surface area contributed by atoms with Gasteiger partial charge in [0, 0.05) is 39.3 Å². The molecule has 0 aromatic heterocycles. The van der Waals surface area contributed by atoms with E-state index in [1.165, 1.54) is 15.7 Å². The van der Waals surface area contributed by atoms with E-state index in [4.69, 9.17) is 9.47 Å². The highest BCUT2D eigenvalue weighted by Gasteiger charge is 2.37. The van der Waals surface area contributed by atoms with E-state index in [0.717, 1.165) is 0 Å². The molecule has 2 saturated heterocycles. The monoisotopic (exact) mass is 349 g/mol. The molecule has 0 amide bonds. The van der Waals surface area contributed by atoms with Gasteiger partial charge in [-0.2, -0.15) is 17.0 Å². The fraction of sp³-hybridized carbons (Fsp3) is 0.929. The molecular formula is C14H27N3O5S. The third-order valence-corrected chi connectivity index (χ3v) is 6.37. The second-order valence-corrected chi connectivity index (χ2v) is 8.14. The van der Waals surface area contributed by atoms with Crippen molar-refractivity contribution in [2.45, 2.75) is 39.0 Å². The molecule has 8 nitrogen and oxygen atoms in total. The van der Waals surface area contributed by atoms with Crippen molar-refractivity contribution in [2.75, 3.05) is 46.4 Å². The van der Waals surface area contributed by atoms with Crippen molar-refractivity contribution in [1.82, 2.24) is 13.5 Å². The van der Waals surface area contributed by atoms with Crippen molar-refractivity contribution in [3.63, 3.8) is 0 Å². The first-order valence-corrected chi connectivity index (χ1v) is 9.38. The second kappa shape index (κ2) is 7.43. The van der Waals surface area contributed by atoms with Gasteiger partial charge in [0.15, 0.2) is 0 Å². The normalized spacial score (nSPS) is 30.1. The first-order valence-electron chi connectivity index (χ1n) is 7.98. The van der Waals surface area contributed by atoms with Gasteiger partial charge in [-0.05, 0) is 20.8 Å². The molecule has 0 N–H and O–H groups in total. The summed E-state index contributed by atoms with van der Waals surface area (Å²) in [6.45, 7) is 8.10. The van der Waals surface area contributed by atoms with Crippen LogP contribution in [0.3, 0.4) is 0 Å². The number of rotatable bonds is 4. The first kappa shape index (κ1) is 18.6. The maximum absolute atomic E-state index is 12.8. The molecule has 0 aromatic rings. The van der Waals surface area contributed by atoms with Gasteiger partial charge in [0.25, 0.3) is 10.2 Å². The summed E-state index contributed by atoms with van der Waals surface area (Å²) in [5.41, 5.74) is 0. The lowest BCUT2D eigenvalue weighted by molar-refractivity contribution is -0.146. The maximum atomic E-state index is 12.8. The van der Waals surface area contributed by atoms with Crippen molar-refractivity contribution in [1.29, 1.82) is 0 Å². The molecule has 0 saturated carbocycles. The van der Waals surface area contributed by atoms with Crippen LogP contribution in [-0.4, -0.2) is 92.5 Å². The molecule has 0 aliphatic carbocycles. The zero-order valence-corrected chi connectivity index (χ0v) is 15.1. The predicted molar refractivity (Wildman–Crippen MR) is 85.1 cm³/mol. The number of hydrogen-bond acceptors (Lipinski definition) is 6. The molecule has 0 unspecified atom stereocenters. The topological polar surface area (TPSA) is 79.4 Å². The van der Waals surface area contributed by atoms with Gasteiger partial charge in [0.1, 0.15) is 6.04 Å². The SMILES string of the molecule is COC(=O)[C@H](C)N1CCN(S(=O)(=O)N2C[C@@H](C)O[C@H](C)C2)CC1. The number of ether oxygens (including phenoxy) is 2. The average Bonchev–Trinajstić information content (AvgIpc) is 2.52. The minimum absolute atomic E-state index is 0.103. The van der Waals surface area contributed by atoms with E-state index >= 15 is 0 Å². The maximum Gasteiger partial charge on any atom is 0.322 e. The zero-order valence-electron chi connectivity index (χ0n) is 14.3. The number of morpholine rings is 1. The molecule has 2 rings (SSSR count). The first-order chi connectivity index (χ1) is 10.8. The van der Waals surface area contributed by atoms with E-state index < -0.39 is 10.2 Å². The Morgan fingerprint density at radius 2 is 1.61 bits per heavy atom. The quantitative estimate of drug-likeness (QED) is 0.638. The summed E-state index contributed by atoms with van der Waals surface area (Å²) in [7, 11) is -2.12. The number of methoxy groups -OCH3 is 1.